The van der Waals surface area contributed by atoms with E-state index in [1.807, 2.05) is 18.2 Å². The number of tetrazole rings is 1. The molecule has 2 fully saturated rings. The molecule has 2 saturated heterocycles. The number of rotatable bonds is 4. The van der Waals surface area contributed by atoms with Gasteiger partial charge >= 0.3 is 0 Å². The van der Waals surface area contributed by atoms with Crippen molar-refractivity contribution in [1.29, 1.82) is 0 Å². The molecule has 0 radical (unpaired) electrons. The molecule has 2 aliphatic heterocycles. The van der Waals surface area contributed by atoms with Crippen molar-refractivity contribution in [2.45, 2.75) is 25.0 Å². The van der Waals surface area contributed by atoms with Gasteiger partial charge in [0.05, 0.1) is 19.3 Å². The molecular weight excluding hydrogens is 322 g/mol. The molecule has 1 aromatic carbocycles. The minimum Gasteiger partial charge on any atom is -0.496 e. The lowest BCUT2D eigenvalue weighted by molar-refractivity contribution is -0.146. The van der Waals surface area contributed by atoms with Crippen molar-refractivity contribution >= 4 is 0 Å². The van der Waals surface area contributed by atoms with Crippen molar-refractivity contribution in [3.8, 4) is 17.1 Å². The van der Waals surface area contributed by atoms with Gasteiger partial charge in [-0.2, -0.15) is 5.21 Å². The van der Waals surface area contributed by atoms with Crippen molar-refractivity contribution in [3.63, 3.8) is 0 Å². The van der Waals surface area contributed by atoms with Crippen LogP contribution in [0.15, 0.2) is 18.2 Å². The van der Waals surface area contributed by atoms with Gasteiger partial charge in [-0.1, -0.05) is 12.1 Å². The summed E-state index contributed by atoms with van der Waals surface area (Å²) in [5.41, 5.74) is 1.42. The Labute approximate surface area is 146 Å². The first kappa shape index (κ1) is 16.4. The highest BCUT2D eigenvalue weighted by Gasteiger charge is 2.43. The van der Waals surface area contributed by atoms with Crippen LogP contribution in [-0.2, 0) is 11.3 Å². The number of aromatic amines is 1. The van der Waals surface area contributed by atoms with Crippen LogP contribution in [0.5, 0.6) is 5.75 Å². The van der Waals surface area contributed by atoms with E-state index in [0.29, 0.717) is 19.0 Å². The third kappa shape index (κ3) is 3.24. The number of benzene rings is 1. The van der Waals surface area contributed by atoms with Crippen molar-refractivity contribution in [1.82, 2.24) is 25.5 Å². The Balaban J connectivity index is 1.49. The largest absolute Gasteiger partial charge is 0.496 e. The van der Waals surface area contributed by atoms with Crippen LogP contribution in [0.4, 0.5) is 0 Å². The number of methoxy groups -OCH3 is 1. The number of nitrogens with one attached hydrogen (secondary N) is 1. The predicted octanol–water partition coefficient (Wildman–Crippen LogP) is 0.849. The van der Waals surface area contributed by atoms with E-state index >= 15 is 0 Å². The van der Waals surface area contributed by atoms with Crippen molar-refractivity contribution in [3.05, 3.63) is 23.8 Å². The van der Waals surface area contributed by atoms with E-state index < -0.39 is 5.60 Å². The van der Waals surface area contributed by atoms with Crippen LogP contribution in [0, 0.1) is 5.92 Å². The van der Waals surface area contributed by atoms with Crippen molar-refractivity contribution in [2.75, 3.05) is 33.4 Å². The van der Waals surface area contributed by atoms with Gasteiger partial charge in [0.15, 0.2) is 0 Å². The van der Waals surface area contributed by atoms with Crippen LogP contribution in [0.2, 0.25) is 0 Å². The molecule has 2 aliphatic rings. The van der Waals surface area contributed by atoms with Crippen LogP contribution < -0.4 is 4.74 Å². The Hall–Kier alpha value is -2.03. The molecule has 4 rings (SSSR count). The van der Waals surface area contributed by atoms with Crippen LogP contribution >= 0.6 is 0 Å². The van der Waals surface area contributed by atoms with Gasteiger partial charge in [-0.15, -0.1) is 10.2 Å². The first-order valence-corrected chi connectivity index (χ1v) is 8.61. The number of aliphatic hydroxyl groups is 1. The van der Waals surface area contributed by atoms with E-state index in [1.165, 1.54) is 0 Å². The van der Waals surface area contributed by atoms with Gasteiger partial charge in [0.1, 0.15) is 5.75 Å². The standard InChI is InChI=1S/C17H23N5O3/c1-24-15-8-12(16-18-20-21-19-16)2-3-13(15)9-22-6-4-17(23)5-7-25-11-14(17)10-22/h2-3,8,14,23H,4-7,9-11H2,1H3,(H,18,19,20,21)/t14-,17-/m1/s1. The van der Waals surface area contributed by atoms with Gasteiger partial charge in [0, 0.05) is 43.3 Å². The quantitative estimate of drug-likeness (QED) is 0.848. The molecule has 0 aliphatic carbocycles. The molecule has 0 unspecified atom stereocenters. The highest BCUT2D eigenvalue weighted by atomic mass is 16.5. The molecule has 1 aromatic heterocycles. The zero-order valence-corrected chi connectivity index (χ0v) is 14.3. The highest BCUT2D eigenvalue weighted by Crippen LogP contribution is 2.35. The van der Waals surface area contributed by atoms with Gasteiger partial charge in [0.2, 0.25) is 5.82 Å². The number of nitrogens with zero attached hydrogens (tertiary/aromatic N) is 4. The second kappa shape index (κ2) is 6.70. The molecule has 134 valence electrons. The summed E-state index contributed by atoms with van der Waals surface area (Å²) in [5.74, 6) is 1.54. The van der Waals surface area contributed by atoms with E-state index in [4.69, 9.17) is 9.47 Å². The fourth-order valence-electron chi connectivity index (χ4n) is 3.82. The van der Waals surface area contributed by atoms with Crippen molar-refractivity contribution in [2.24, 2.45) is 5.92 Å². The fourth-order valence-corrected chi connectivity index (χ4v) is 3.82. The van der Waals surface area contributed by atoms with Gasteiger partial charge in [0.25, 0.3) is 0 Å². The lowest BCUT2D eigenvalue weighted by Crippen LogP contribution is -2.55. The van der Waals surface area contributed by atoms with Crippen LogP contribution in [0.1, 0.15) is 18.4 Å². The van der Waals surface area contributed by atoms with E-state index in [9.17, 15) is 5.11 Å². The first-order valence-electron chi connectivity index (χ1n) is 8.61. The summed E-state index contributed by atoms with van der Waals surface area (Å²) in [6, 6.07) is 5.96. The van der Waals surface area contributed by atoms with Crippen molar-refractivity contribution < 1.29 is 14.6 Å². The van der Waals surface area contributed by atoms with Gasteiger partial charge in [-0.25, -0.2) is 0 Å². The van der Waals surface area contributed by atoms with E-state index in [0.717, 1.165) is 49.4 Å². The number of piperidine rings is 1. The summed E-state index contributed by atoms with van der Waals surface area (Å²) in [5, 5.41) is 24.8. The summed E-state index contributed by atoms with van der Waals surface area (Å²) >= 11 is 0. The molecule has 8 nitrogen and oxygen atoms in total. The minimum absolute atomic E-state index is 0.180. The third-order valence-corrected chi connectivity index (χ3v) is 5.38. The molecule has 3 heterocycles. The second-order valence-electron chi connectivity index (χ2n) is 6.87. The number of likely N-dealkylation sites (tertiary alicyclic amines) is 1. The molecule has 0 amide bonds. The summed E-state index contributed by atoms with van der Waals surface area (Å²) in [7, 11) is 1.67. The molecule has 0 saturated carbocycles. The number of hydrogen-bond acceptors (Lipinski definition) is 7. The van der Waals surface area contributed by atoms with Crippen LogP contribution in [0.25, 0.3) is 11.4 Å². The molecule has 0 spiro atoms. The number of ether oxygens (including phenoxy) is 2. The van der Waals surface area contributed by atoms with Gasteiger partial charge < -0.3 is 14.6 Å². The Morgan fingerprint density at radius 1 is 1.44 bits per heavy atom. The topological polar surface area (TPSA) is 96.4 Å². The maximum Gasteiger partial charge on any atom is 0.204 e. The predicted molar refractivity (Wildman–Crippen MR) is 89.9 cm³/mol. The SMILES string of the molecule is COc1cc(-c2nn[nH]n2)ccc1CN1CC[C@@]2(O)CCOC[C@H]2C1. The second-order valence-corrected chi connectivity index (χ2v) is 6.87. The Morgan fingerprint density at radius 2 is 2.36 bits per heavy atom. The van der Waals surface area contributed by atoms with E-state index in [1.54, 1.807) is 7.11 Å². The fraction of sp³-hybridized carbons (Fsp3) is 0.588. The summed E-state index contributed by atoms with van der Waals surface area (Å²) in [6.07, 6.45) is 1.54. The van der Waals surface area contributed by atoms with Gasteiger partial charge in [-0.05, 0) is 24.1 Å². The summed E-state index contributed by atoms with van der Waals surface area (Å²) < 4.78 is 11.1. The summed E-state index contributed by atoms with van der Waals surface area (Å²) in [6.45, 7) is 3.80. The average Bonchev–Trinajstić information content (AvgIpc) is 3.17. The molecule has 0 bridgehead atoms. The molecule has 2 aromatic rings. The Kier molecular flexibility index (Phi) is 4.41. The Bertz CT molecular complexity index is 723. The molecule has 8 heteroatoms. The summed E-state index contributed by atoms with van der Waals surface area (Å²) in [4.78, 5) is 2.36. The molecular formula is C17H23N5O3. The average molecular weight is 345 g/mol. The highest BCUT2D eigenvalue weighted by molar-refractivity contribution is 5.58. The van der Waals surface area contributed by atoms with E-state index in [2.05, 4.69) is 25.5 Å². The number of H-pyrrole nitrogens is 1. The Morgan fingerprint density at radius 3 is 3.16 bits per heavy atom. The monoisotopic (exact) mass is 345 g/mol. The number of fused-ring (bicyclic) bond motifs is 1. The first-order chi connectivity index (χ1) is 12.2. The minimum atomic E-state index is -0.554. The molecule has 25 heavy (non-hydrogen) atoms. The molecule has 2 N–H and O–H groups in total. The zero-order chi connectivity index (χ0) is 17.3. The molecule has 2 atom stereocenters. The lowest BCUT2D eigenvalue weighted by atomic mass is 9.78. The maximum atomic E-state index is 10.8. The van der Waals surface area contributed by atoms with Crippen LogP contribution in [0.3, 0.4) is 0 Å². The number of aromatic nitrogens is 4. The normalized spacial score (nSPS) is 27.0. The van der Waals surface area contributed by atoms with Gasteiger partial charge in [-0.3, -0.25) is 4.90 Å². The van der Waals surface area contributed by atoms with Crippen LogP contribution in [-0.4, -0.2) is 69.6 Å². The smallest absolute Gasteiger partial charge is 0.204 e. The third-order valence-electron chi connectivity index (χ3n) is 5.38. The lowest BCUT2D eigenvalue weighted by Gasteiger charge is -2.47. The zero-order valence-electron chi connectivity index (χ0n) is 14.3. The van der Waals surface area contributed by atoms with E-state index in [-0.39, 0.29) is 5.92 Å². The number of hydrogen-bond donors (Lipinski definition) is 2. The maximum absolute atomic E-state index is 10.8.